The molecule has 23 heavy (non-hydrogen) atoms. The largest absolute Gasteiger partial charge is 0.477 e. The zero-order valence-electron chi connectivity index (χ0n) is 12.9. The molecule has 3 rings (SSSR count). The highest BCUT2D eigenvalue weighted by Crippen LogP contribution is 2.26. The Labute approximate surface area is 136 Å². The van der Waals surface area contributed by atoms with E-state index in [1.165, 1.54) is 6.40 Å². The monoisotopic (exact) mass is 329 g/mol. The van der Waals surface area contributed by atoms with Crippen LogP contribution in [0.25, 0.3) is 0 Å². The van der Waals surface area contributed by atoms with Gasteiger partial charge in [-0.15, -0.1) is 0 Å². The molecule has 120 valence electrons. The number of benzene rings is 2. The van der Waals surface area contributed by atoms with E-state index in [0.717, 1.165) is 17.5 Å². The first-order valence-electron chi connectivity index (χ1n) is 7.59. The van der Waals surface area contributed by atoms with E-state index in [9.17, 15) is 8.42 Å². The Kier molecular flexibility index (Phi) is 4.48. The zero-order valence-corrected chi connectivity index (χ0v) is 13.7. The third kappa shape index (κ3) is 3.45. The highest BCUT2D eigenvalue weighted by Gasteiger charge is 2.38. The highest BCUT2D eigenvalue weighted by molar-refractivity contribution is 7.92. The van der Waals surface area contributed by atoms with Gasteiger partial charge in [0.15, 0.2) is 11.8 Å². The number of aliphatic imine (C=N–C) groups is 1. The molecular formula is C18H19NO3S. The minimum absolute atomic E-state index is 0.292. The van der Waals surface area contributed by atoms with E-state index >= 15 is 0 Å². The molecule has 0 radical (unpaired) electrons. The van der Waals surface area contributed by atoms with Gasteiger partial charge in [-0.3, -0.25) is 0 Å². The summed E-state index contributed by atoms with van der Waals surface area (Å²) in [5.74, 6) is 0. The predicted molar refractivity (Wildman–Crippen MR) is 90.3 cm³/mol. The molecule has 2 atom stereocenters. The summed E-state index contributed by atoms with van der Waals surface area (Å²) >= 11 is 0. The topological polar surface area (TPSA) is 55.7 Å². The molecule has 0 N–H and O–H groups in total. The molecule has 5 heteroatoms. The van der Waals surface area contributed by atoms with E-state index in [-0.39, 0.29) is 0 Å². The van der Waals surface area contributed by atoms with Crippen molar-refractivity contribution in [3.05, 3.63) is 65.7 Å². The van der Waals surface area contributed by atoms with Crippen LogP contribution < -0.4 is 0 Å². The van der Waals surface area contributed by atoms with E-state index in [4.69, 9.17) is 4.74 Å². The lowest BCUT2D eigenvalue weighted by Crippen LogP contribution is -2.31. The lowest BCUT2D eigenvalue weighted by Gasteiger charge is -2.17. The van der Waals surface area contributed by atoms with E-state index in [0.29, 0.717) is 11.3 Å². The molecule has 0 fully saturated rings. The van der Waals surface area contributed by atoms with Crippen LogP contribution in [-0.2, 0) is 21.0 Å². The number of hydrogen-bond donors (Lipinski definition) is 0. The third-order valence-electron chi connectivity index (χ3n) is 3.99. The Morgan fingerprint density at radius 2 is 1.74 bits per heavy atom. The Balaban J connectivity index is 1.75. The Hall–Kier alpha value is -2.14. The summed E-state index contributed by atoms with van der Waals surface area (Å²) in [6.07, 6.45) is 2.20. The molecule has 1 heterocycles. The van der Waals surface area contributed by atoms with Crippen LogP contribution in [0.1, 0.15) is 17.5 Å². The van der Waals surface area contributed by atoms with Gasteiger partial charge in [-0.1, -0.05) is 48.0 Å². The average Bonchev–Trinajstić information content (AvgIpc) is 3.04. The molecule has 1 unspecified atom stereocenters. The number of hydrogen-bond acceptors (Lipinski definition) is 4. The van der Waals surface area contributed by atoms with Crippen LogP contribution in [0.2, 0.25) is 0 Å². The minimum atomic E-state index is -3.53. The first-order chi connectivity index (χ1) is 11.1. The second-order valence-electron chi connectivity index (χ2n) is 5.70. The highest BCUT2D eigenvalue weighted by atomic mass is 32.2. The van der Waals surface area contributed by atoms with Crippen molar-refractivity contribution in [2.75, 3.05) is 0 Å². The minimum Gasteiger partial charge on any atom is -0.477 e. The molecule has 1 aliphatic rings. The fourth-order valence-electron chi connectivity index (χ4n) is 2.65. The fourth-order valence-corrected chi connectivity index (χ4v) is 4.25. The van der Waals surface area contributed by atoms with Crippen LogP contribution in [0.3, 0.4) is 0 Å². The second kappa shape index (κ2) is 6.54. The van der Waals surface area contributed by atoms with Crippen molar-refractivity contribution in [3.8, 4) is 0 Å². The van der Waals surface area contributed by atoms with Crippen LogP contribution in [0.5, 0.6) is 0 Å². The number of nitrogens with zero attached hydrogens (tertiary/aromatic N) is 1. The molecule has 0 amide bonds. The molecule has 2 aromatic carbocycles. The number of aryl methyl sites for hydroxylation is 2. The molecule has 0 saturated carbocycles. The maximum atomic E-state index is 12.8. The predicted octanol–water partition coefficient (Wildman–Crippen LogP) is 3.15. The molecule has 0 aromatic heterocycles. The van der Waals surface area contributed by atoms with Gasteiger partial charge in [-0.05, 0) is 37.5 Å². The Morgan fingerprint density at radius 3 is 2.43 bits per heavy atom. The SMILES string of the molecule is Cc1ccc(S(=O)(=O)C2N=CO[C@H]2CCc2ccccc2)cc1. The summed E-state index contributed by atoms with van der Waals surface area (Å²) in [4.78, 5) is 4.36. The van der Waals surface area contributed by atoms with Crippen LogP contribution in [0, 0.1) is 6.92 Å². The van der Waals surface area contributed by atoms with Gasteiger partial charge in [-0.2, -0.15) is 0 Å². The standard InChI is InChI=1S/C18H19NO3S/c1-14-7-10-16(11-8-14)23(20,21)18-17(22-13-19-18)12-9-15-5-3-2-4-6-15/h2-8,10-11,13,17-18H,9,12H2,1H3/t17-,18?/m0/s1. The molecule has 1 aliphatic heterocycles. The van der Waals surface area contributed by atoms with E-state index < -0.39 is 21.3 Å². The summed E-state index contributed by atoms with van der Waals surface area (Å²) in [5, 5.41) is -0.867. The summed E-state index contributed by atoms with van der Waals surface area (Å²) in [6, 6.07) is 16.8. The van der Waals surface area contributed by atoms with Gasteiger partial charge in [0.1, 0.15) is 6.10 Å². The first kappa shape index (κ1) is 15.7. The summed E-state index contributed by atoms with van der Waals surface area (Å²) in [7, 11) is -3.53. The van der Waals surface area contributed by atoms with Crippen LogP contribution >= 0.6 is 0 Å². The smallest absolute Gasteiger partial charge is 0.205 e. The molecule has 2 aromatic rings. The Morgan fingerprint density at radius 1 is 1.04 bits per heavy atom. The van der Waals surface area contributed by atoms with Crippen molar-refractivity contribution in [2.45, 2.75) is 36.1 Å². The quantitative estimate of drug-likeness (QED) is 0.847. The van der Waals surface area contributed by atoms with Crippen molar-refractivity contribution < 1.29 is 13.2 Å². The van der Waals surface area contributed by atoms with Crippen LogP contribution in [0.15, 0.2) is 64.5 Å². The first-order valence-corrected chi connectivity index (χ1v) is 9.13. The van der Waals surface area contributed by atoms with Gasteiger partial charge in [-0.25, -0.2) is 13.4 Å². The van der Waals surface area contributed by atoms with E-state index in [2.05, 4.69) is 4.99 Å². The fraction of sp³-hybridized carbons (Fsp3) is 0.278. The van der Waals surface area contributed by atoms with E-state index in [1.807, 2.05) is 37.3 Å². The second-order valence-corrected chi connectivity index (χ2v) is 7.75. The molecule has 0 saturated heterocycles. The van der Waals surface area contributed by atoms with Crippen LogP contribution in [0.4, 0.5) is 0 Å². The van der Waals surface area contributed by atoms with Crippen molar-refractivity contribution >= 4 is 16.2 Å². The van der Waals surface area contributed by atoms with Gasteiger partial charge < -0.3 is 4.74 Å². The molecule has 0 spiro atoms. The molecular weight excluding hydrogens is 310 g/mol. The van der Waals surface area contributed by atoms with Gasteiger partial charge in [0.25, 0.3) is 0 Å². The number of sulfone groups is 1. The summed E-state index contributed by atoms with van der Waals surface area (Å²) in [5.41, 5.74) is 2.19. The van der Waals surface area contributed by atoms with Crippen molar-refractivity contribution in [1.82, 2.24) is 0 Å². The van der Waals surface area contributed by atoms with Crippen molar-refractivity contribution in [1.29, 1.82) is 0 Å². The van der Waals surface area contributed by atoms with E-state index in [1.54, 1.807) is 24.3 Å². The van der Waals surface area contributed by atoms with Gasteiger partial charge in [0.2, 0.25) is 9.84 Å². The van der Waals surface area contributed by atoms with Crippen molar-refractivity contribution in [2.24, 2.45) is 4.99 Å². The molecule has 0 aliphatic carbocycles. The number of ether oxygens (including phenoxy) is 1. The van der Waals surface area contributed by atoms with Crippen molar-refractivity contribution in [3.63, 3.8) is 0 Å². The number of rotatable bonds is 5. The van der Waals surface area contributed by atoms with Crippen LogP contribution in [-0.4, -0.2) is 26.3 Å². The van der Waals surface area contributed by atoms with Gasteiger partial charge in [0, 0.05) is 0 Å². The maximum Gasteiger partial charge on any atom is 0.205 e. The third-order valence-corrected chi connectivity index (χ3v) is 5.98. The normalized spacial score (nSPS) is 20.4. The lowest BCUT2D eigenvalue weighted by molar-refractivity contribution is 0.211. The van der Waals surface area contributed by atoms with Gasteiger partial charge in [0.05, 0.1) is 4.90 Å². The zero-order chi connectivity index (χ0) is 16.3. The summed E-state index contributed by atoms with van der Waals surface area (Å²) < 4.78 is 31.0. The summed E-state index contributed by atoms with van der Waals surface area (Å²) in [6.45, 7) is 1.93. The Bertz CT molecular complexity index is 783. The lowest BCUT2D eigenvalue weighted by atomic mass is 10.1. The average molecular weight is 329 g/mol. The molecule has 0 bridgehead atoms. The maximum absolute atomic E-state index is 12.8. The molecule has 4 nitrogen and oxygen atoms in total. The van der Waals surface area contributed by atoms with Gasteiger partial charge >= 0.3 is 0 Å².